The van der Waals surface area contributed by atoms with E-state index in [1.807, 2.05) is 0 Å². The van der Waals surface area contributed by atoms with E-state index in [4.69, 9.17) is 9.47 Å². The van der Waals surface area contributed by atoms with Gasteiger partial charge in [-0.2, -0.15) is 0 Å². The molecule has 0 fully saturated rings. The molecule has 1 unspecified atom stereocenters. The van der Waals surface area contributed by atoms with Crippen LogP contribution in [0.5, 0.6) is 11.5 Å². The SMILES string of the molecule is CC1(C)Oc2ccc(CC(O)C(=O)[O-])cc2O1. The van der Waals surface area contributed by atoms with E-state index in [0.717, 1.165) is 0 Å². The highest BCUT2D eigenvalue weighted by Crippen LogP contribution is 2.39. The molecule has 1 N–H and O–H groups in total. The van der Waals surface area contributed by atoms with E-state index in [-0.39, 0.29) is 6.42 Å². The van der Waals surface area contributed by atoms with Gasteiger partial charge in [-0.05, 0) is 17.7 Å². The van der Waals surface area contributed by atoms with Crippen LogP contribution < -0.4 is 14.6 Å². The van der Waals surface area contributed by atoms with Crippen molar-refractivity contribution >= 4 is 5.97 Å². The van der Waals surface area contributed by atoms with E-state index in [1.165, 1.54) is 0 Å². The molecular weight excluding hydrogens is 224 g/mol. The summed E-state index contributed by atoms with van der Waals surface area (Å²) in [5.41, 5.74) is 0.654. The van der Waals surface area contributed by atoms with E-state index in [9.17, 15) is 15.0 Å². The molecule has 2 rings (SSSR count). The average Bonchev–Trinajstić information content (AvgIpc) is 2.50. The number of rotatable bonds is 3. The van der Waals surface area contributed by atoms with Crippen molar-refractivity contribution in [3.05, 3.63) is 23.8 Å². The minimum absolute atomic E-state index is 0.0145. The van der Waals surface area contributed by atoms with Gasteiger partial charge in [0, 0.05) is 20.3 Å². The third kappa shape index (κ3) is 2.50. The molecule has 1 heterocycles. The maximum Gasteiger partial charge on any atom is 0.246 e. The van der Waals surface area contributed by atoms with Crippen molar-refractivity contribution in [2.24, 2.45) is 0 Å². The molecule has 0 aliphatic carbocycles. The summed E-state index contributed by atoms with van der Waals surface area (Å²) in [4.78, 5) is 10.4. The summed E-state index contributed by atoms with van der Waals surface area (Å²) < 4.78 is 11.0. The van der Waals surface area contributed by atoms with Gasteiger partial charge in [-0.1, -0.05) is 6.07 Å². The second-order valence-corrected chi connectivity index (χ2v) is 4.42. The summed E-state index contributed by atoms with van der Waals surface area (Å²) in [5.74, 6) is -1.03. The number of hydrogen-bond donors (Lipinski definition) is 1. The Morgan fingerprint density at radius 2 is 2.06 bits per heavy atom. The molecule has 1 aromatic carbocycles. The first-order chi connectivity index (χ1) is 7.87. The molecule has 0 aromatic heterocycles. The Balaban J connectivity index is 2.16. The first kappa shape index (κ1) is 11.7. The van der Waals surface area contributed by atoms with E-state index < -0.39 is 17.9 Å². The molecule has 1 atom stereocenters. The fourth-order valence-corrected chi connectivity index (χ4v) is 1.70. The Kier molecular flexibility index (Phi) is 2.71. The molecule has 0 amide bonds. The van der Waals surface area contributed by atoms with Crippen molar-refractivity contribution < 1.29 is 24.5 Å². The molecule has 1 aromatic rings. The summed E-state index contributed by atoms with van der Waals surface area (Å²) in [6.45, 7) is 3.56. The van der Waals surface area contributed by atoms with Crippen LogP contribution in [0.1, 0.15) is 19.4 Å². The molecule has 0 bridgehead atoms. The zero-order valence-corrected chi connectivity index (χ0v) is 9.60. The Bertz CT molecular complexity index is 452. The van der Waals surface area contributed by atoms with Gasteiger partial charge in [-0.15, -0.1) is 0 Å². The van der Waals surface area contributed by atoms with Crippen LogP contribution in [0.2, 0.25) is 0 Å². The first-order valence-corrected chi connectivity index (χ1v) is 5.27. The van der Waals surface area contributed by atoms with Crippen molar-refractivity contribution in [3.8, 4) is 11.5 Å². The zero-order chi connectivity index (χ0) is 12.6. The van der Waals surface area contributed by atoms with Gasteiger partial charge in [0.25, 0.3) is 0 Å². The number of carboxylic acid groups (broad SMARTS) is 1. The van der Waals surface area contributed by atoms with E-state index >= 15 is 0 Å². The highest BCUT2D eigenvalue weighted by molar-refractivity contribution is 5.70. The fraction of sp³-hybridized carbons (Fsp3) is 0.417. The average molecular weight is 237 g/mol. The molecule has 5 heteroatoms. The first-order valence-electron chi connectivity index (χ1n) is 5.27. The molecule has 0 saturated heterocycles. The van der Waals surface area contributed by atoms with Gasteiger partial charge in [0.05, 0.1) is 12.1 Å². The Morgan fingerprint density at radius 1 is 1.41 bits per heavy atom. The van der Waals surface area contributed by atoms with Gasteiger partial charge in [0.2, 0.25) is 5.79 Å². The van der Waals surface area contributed by atoms with Gasteiger partial charge in [-0.3, -0.25) is 0 Å². The van der Waals surface area contributed by atoms with Crippen molar-refractivity contribution in [1.82, 2.24) is 0 Å². The lowest BCUT2D eigenvalue weighted by atomic mass is 10.1. The maximum absolute atomic E-state index is 10.4. The smallest absolute Gasteiger partial charge is 0.246 e. The van der Waals surface area contributed by atoms with E-state index in [1.54, 1.807) is 32.0 Å². The number of benzene rings is 1. The number of ether oxygens (including phenoxy) is 2. The number of aliphatic hydroxyl groups is 1. The summed E-state index contributed by atoms with van der Waals surface area (Å²) in [6.07, 6.45) is -1.53. The number of carbonyl (C=O) groups is 1. The van der Waals surface area contributed by atoms with Gasteiger partial charge in [0.15, 0.2) is 11.5 Å². The number of hydrogen-bond acceptors (Lipinski definition) is 5. The van der Waals surface area contributed by atoms with Crippen molar-refractivity contribution in [2.75, 3.05) is 0 Å². The lowest BCUT2D eigenvalue weighted by Crippen LogP contribution is -2.36. The van der Waals surface area contributed by atoms with Crippen LogP contribution in [0.15, 0.2) is 18.2 Å². The van der Waals surface area contributed by atoms with Crippen LogP contribution >= 0.6 is 0 Å². The fourth-order valence-electron chi connectivity index (χ4n) is 1.70. The number of aliphatic hydroxyl groups excluding tert-OH is 1. The largest absolute Gasteiger partial charge is 0.547 e. The predicted octanol–water partition coefficient (Wildman–Crippen LogP) is -0.153. The highest BCUT2D eigenvalue weighted by atomic mass is 16.7. The minimum Gasteiger partial charge on any atom is -0.547 e. The van der Waals surface area contributed by atoms with Crippen LogP contribution in [-0.4, -0.2) is 23.0 Å². The highest BCUT2D eigenvalue weighted by Gasteiger charge is 2.31. The number of fused-ring (bicyclic) bond motifs is 1. The quantitative estimate of drug-likeness (QED) is 0.790. The molecule has 1 aliphatic rings. The lowest BCUT2D eigenvalue weighted by molar-refractivity contribution is -0.314. The van der Waals surface area contributed by atoms with Crippen molar-refractivity contribution in [2.45, 2.75) is 32.2 Å². The van der Waals surface area contributed by atoms with E-state index in [0.29, 0.717) is 17.1 Å². The molecule has 1 aliphatic heterocycles. The Morgan fingerprint density at radius 3 is 2.71 bits per heavy atom. The van der Waals surface area contributed by atoms with Crippen LogP contribution in [0, 0.1) is 0 Å². The Hall–Kier alpha value is -1.75. The van der Waals surface area contributed by atoms with Gasteiger partial charge in [-0.25, -0.2) is 0 Å². The summed E-state index contributed by atoms with van der Waals surface area (Å²) in [6, 6.07) is 5.05. The zero-order valence-electron chi connectivity index (χ0n) is 9.60. The second-order valence-electron chi connectivity index (χ2n) is 4.42. The van der Waals surface area contributed by atoms with Gasteiger partial charge >= 0.3 is 0 Å². The van der Waals surface area contributed by atoms with Crippen LogP contribution in [0.4, 0.5) is 0 Å². The molecule has 92 valence electrons. The van der Waals surface area contributed by atoms with Crippen molar-refractivity contribution in [1.29, 1.82) is 0 Å². The van der Waals surface area contributed by atoms with Crippen molar-refractivity contribution in [3.63, 3.8) is 0 Å². The standard InChI is InChI=1S/C12H14O5/c1-12(2)16-9-4-3-7(6-10(9)17-12)5-8(13)11(14)15/h3-4,6,8,13H,5H2,1-2H3,(H,14,15)/p-1. The lowest BCUT2D eigenvalue weighted by Gasteiger charge is -2.16. The monoisotopic (exact) mass is 237 g/mol. The summed E-state index contributed by atoms with van der Waals surface area (Å²) in [5, 5.41) is 19.6. The predicted molar refractivity (Wildman–Crippen MR) is 56.5 cm³/mol. The number of carboxylic acids is 1. The molecule has 0 saturated carbocycles. The molecular formula is C12H13O5-. The van der Waals surface area contributed by atoms with Gasteiger partial charge in [0.1, 0.15) is 0 Å². The van der Waals surface area contributed by atoms with Crippen LogP contribution in [0.3, 0.4) is 0 Å². The van der Waals surface area contributed by atoms with Crippen LogP contribution in [-0.2, 0) is 11.2 Å². The van der Waals surface area contributed by atoms with Gasteiger partial charge < -0.3 is 24.5 Å². The van der Waals surface area contributed by atoms with E-state index in [2.05, 4.69) is 0 Å². The second kappa shape index (κ2) is 3.92. The van der Waals surface area contributed by atoms with Crippen LogP contribution in [0.25, 0.3) is 0 Å². The molecule has 5 nitrogen and oxygen atoms in total. The molecule has 0 radical (unpaired) electrons. The third-order valence-corrected chi connectivity index (χ3v) is 2.42. The maximum atomic E-state index is 10.4. The molecule has 0 spiro atoms. The summed E-state index contributed by atoms with van der Waals surface area (Å²) in [7, 11) is 0. The minimum atomic E-state index is -1.51. The molecule has 17 heavy (non-hydrogen) atoms. The topological polar surface area (TPSA) is 78.8 Å². The number of carbonyl (C=O) groups excluding carboxylic acids is 1. The Labute approximate surface area is 98.6 Å². The normalized spacial score (nSPS) is 17.8. The third-order valence-electron chi connectivity index (χ3n) is 2.42. The summed E-state index contributed by atoms with van der Waals surface area (Å²) >= 11 is 0. The number of aliphatic carboxylic acids is 1.